The first kappa shape index (κ1) is 62.4. The van der Waals surface area contributed by atoms with Crippen LogP contribution in [0.4, 0.5) is 0 Å². The molecule has 0 radical (unpaired) electrons. The van der Waals surface area contributed by atoms with Crippen molar-refractivity contribution in [2.24, 2.45) is 0 Å². The van der Waals surface area contributed by atoms with Crippen molar-refractivity contribution in [1.82, 2.24) is 0 Å². The van der Waals surface area contributed by atoms with Crippen LogP contribution in [0.5, 0.6) is 0 Å². The van der Waals surface area contributed by atoms with Crippen molar-refractivity contribution in [3.8, 4) is 0 Å². The third-order valence-corrected chi connectivity index (χ3v) is 12.1. The third kappa shape index (κ3) is 38.9. The monoisotopic (exact) mass is 941 g/mol. The molecule has 1 heterocycles. The van der Waals surface area contributed by atoms with Gasteiger partial charge < -0.3 is 39.4 Å². The van der Waals surface area contributed by atoms with E-state index in [0.717, 1.165) is 64.2 Å². The normalized spacial score (nSPS) is 19.9. The fourth-order valence-electron chi connectivity index (χ4n) is 7.89. The largest absolute Gasteiger partial charge is 0.457 e. The van der Waals surface area contributed by atoms with Crippen LogP contribution in [0.25, 0.3) is 0 Å². The Balaban J connectivity index is 2.24. The molecule has 1 saturated heterocycles. The molecule has 0 aliphatic carbocycles. The Hall–Kier alpha value is -2.63. The minimum Gasteiger partial charge on any atom is -0.457 e. The molecule has 9 nitrogen and oxygen atoms in total. The van der Waals surface area contributed by atoms with Gasteiger partial charge in [-0.05, 0) is 64.2 Å². The van der Waals surface area contributed by atoms with Gasteiger partial charge in [-0.15, -0.1) is 0 Å². The molecule has 0 saturated carbocycles. The Kier molecular flexibility index (Phi) is 45.1. The van der Waals surface area contributed by atoms with Crippen molar-refractivity contribution >= 4 is 5.97 Å². The average Bonchev–Trinajstić information content (AvgIpc) is 3.33. The lowest BCUT2D eigenvalue weighted by atomic mass is 9.99. The number of ether oxygens (including phenoxy) is 4. The van der Waals surface area contributed by atoms with Crippen molar-refractivity contribution in [1.29, 1.82) is 0 Å². The molecule has 6 unspecified atom stereocenters. The molecular formula is C58H100O9. The summed E-state index contributed by atoms with van der Waals surface area (Å²) < 4.78 is 22.9. The van der Waals surface area contributed by atoms with Crippen LogP contribution in [-0.4, -0.2) is 89.6 Å². The van der Waals surface area contributed by atoms with Gasteiger partial charge in [-0.1, -0.05) is 227 Å². The second-order valence-corrected chi connectivity index (χ2v) is 18.3. The molecule has 0 aromatic carbocycles. The summed E-state index contributed by atoms with van der Waals surface area (Å²) in [7, 11) is 0. The predicted octanol–water partition coefficient (Wildman–Crippen LogP) is 13.8. The van der Waals surface area contributed by atoms with Crippen molar-refractivity contribution in [3.63, 3.8) is 0 Å². The Morgan fingerprint density at radius 1 is 0.493 bits per heavy atom. The number of hydrogen-bond acceptors (Lipinski definition) is 9. The van der Waals surface area contributed by atoms with Crippen LogP contribution < -0.4 is 0 Å². The van der Waals surface area contributed by atoms with Gasteiger partial charge in [0.1, 0.15) is 30.5 Å². The topological polar surface area (TPSA) is 135 Å². The van der Waals surface area contributed by atoms with E-state index in [1.807, 2.05) is 0 Å². The molecule has 1 aliphatic heterocycles. The Morgan fingerprint density at radius 2 is 0.896 bits per heavy atom. The molecule has 1 aliphatic rings. The number of allylic oxidation sites excluding steroid dienone is 14. The van der Waals surface area contributed by atoms with E-state index in [2.05, 4.69) is 98.9 Å². The van der Waals surface area contributed by atoms with Crippen LogP contribution in [0.2, 0.25) is 0 Å². The maximum absolute atomic E-state index is 12.8. The predicted molar refractivity (Wildman–Crippen MR) is 279 cm³/mol. The number of aliphatic hydroxyl groups is 4. The fraction of sp³-hybridized carbons (Fsp3) is 0.741. The smallest absolute Gasteiger partial charge is 0.306 e. The fourth-order valence-corrected chi connectivity index (χ4v) is 7.89. The first-order valence-electron chi connectivity index (χ1n) is 27.2. The highest BCUT2D eigenvalue weighted by Gasteiger charge is 2.44. The van der Waals surface area contributed by atoms with E-state index >= 15 is 0 Å². The summed E-state index contributed by atoms with van der Waals surface area (Å²) in [5.74, 6) is -0.370. The van der Waals surface area contributed by atoms with E-state index in [1.165, 1.54) is 122 Å². The molecular weight excluding hydrogens is 841 g/mol. The van der Waals surface area contributed by atoms with Crippen molar-refractivity contribution in [2.75, 3.05) is 26.4 Å². The maximum atomic E-state index is 12.8. The molecule has 386 valence electrons. The molecule has 0 bridgehead atoms. The van der Waals surface area contributed by atoms with E-state index in [-0.39, 0.29) is 25.6 Å². The zero-order valence-corrected chi connectivity index (χ0v) is 42.6. The molecule has 4 N–H and O–H groups in total. The lowest BCUT2D eigenvalue weighted by Crippen LogP contribution is -2.59. The van der Waals surface area contributed by atoms with E-state index in [0.29, 0.717) is 13.0 Å². The van der Waals surface area contributed by atoms with Crippen LogP contribution in [-0.2, 0) is 23.7 Å². The Labute approximate surface area is 410 Å². The highest BCUT2D eigenvalue weighted by molar-refractivity contribution is 5.69. The Morgan fingerprint density at radius 3 is 1.31 bits per heavy atom. The average molecular weight is 941 g/mol. The molecule has 0 amide bonds. The number of hydrogen-bond donors (Lipinski definition) is 4. The standard InChI is InChI=1S/C58H100O9/c1-3-5-7-9-11-13-15-17-19-21-23-25-26-27-29-31-33-35-37-39-41-43-45-47-54(60)66-52(51-65-58-57(63)56(62)55(61)53(49-59)67-58)50-64-48-46-44-42-40-38-36-34-32-30-28-24-22-20-18-16-14-12-10-8-6-4-2/h5,7,11,13,17,19,23,25,27,29,33,35,39,41,52-53,55-59,61-63H,3-4,6,8-10,12,14-16,18,20-22,24,26,28,30-32,34,36-38,40,42-51H2,1-2H3/b7-5-,13-11-,19-17-,25-23-,29-27-,35-33-,41-39-. The zero-order chi connectivity index (χ0) is 48.5. The van der Waals surface area contributed by atoms with Crippen LogP contribution in [0.15, 0.2) is 85.1 Å². The first-order valence-corrected chi connectivity index (χ1v) is 27.2. The van der Waals surface area contributed by atoms with Crippen LogP contribution >= 0.6 is 0 Å². The van der Waals surface area contributed by atoms with Gasteiger partial charge in [0.2, 0.25) is 0 Å². The van der Waals surface area contributed by atoms with Crippen LogP contribution in [0.1, 0.15) is 213 Å². The lowest BCUT2D eigenvalue weighted by Gasteiger charge is -2.39. The number of aliphatic hydroxyl groups excluding tert-OH is 4. The second-order valence-electron chi connectivity index (χ2n) is 18.3. The van der Waals surface area contributed by atoms with E-state index < -0.39 is 43.4 Å². The summed E-state index contributed by atoms with van der Waals surface area (Å²) in [5.41, 5.74) is 0. The highest BCUT2D eigenvalue weighted by Crippen LogP contribution is 2.23. The molecule has 0 aromatic rings. The molecule has 67 heavy (non-hydrogen) atoms. The van der Waals surface area contributed by atoms with Crippen molar-refractivity contribution in [3.05, 3.63) is 85.1 Å². The van der Waals surface area contributed by atoms with Gasteiger partial charge in [-0.25, -0.2) is 0 Å². The summed E-state index contributed by atoms with van der Waals surface area (Å²) in [6, 6.07) is 0. The number of carbonyl (C=O) groups is 1. The molecule has 6 atom stereocenters. The summed E-state index contributed by atoms with van der Waals surface area (Å²) in [5, 5.41) is 40.3. The molecule has 0 spiro atoms. The van der Waals surface area contributed by atoms with Crippen LogP contribution in [0, 0.1) is 0 Å². The van der Waals surface area contributed by atoms with Gasteiger partial charge in [-0.3, -0.25) is 4.79 Å². The van der Waals surface area contributed by atoms with E-state index in [4.69, 9.17) is 18.9 Å². The van der Waals surface area contributed by atoms with Gasteiger partial charge in [-0.2, -0.15) is 0 Å². The lowest BCUT2D eigenvalue weighted by molar-refractivity contribution is -0.305. The second kappa shape index (κ2) is 48.4. The van der Waals surface area contributed by atoms with Gasteiger partial charge >= 0.3 is 5.97 Å². The number of rotatable bonds is 46. The summed E-state index contributed by atoms with van der Waals surface area (Å²) >= 11 is 0. The minimum absolute atomic E-state index is 0.119. The Bertz CT molecular complexity index is 1300. The van der Waals surface area contributed by atoms with Crippen LogP contribution in [0.3, 0.4) is 0 Å². The SMILES string of the molecule is CC/C=C\C/C=C\C/C=C\C/C=C\C/C=C\C/C=C\C/C=C\CCCC(=O)OC(COCCCCCCCCCCCCCCCCCCCCCCC)COC1OC(CO)C(O)C(O)C1O. The molecule has 1 fully saturated rings. The molecule has 0 aromatic heterocycles. The van der Waals surface area contributed by atoms with Gasteiger partial charge in [0, 0.05) is 13.0 Å². The highest BCUT2D eigenvalue weighted by atomic mass is 16.7. The van der Waals surface area contributed by atoms with Gasteiger partial charge in [0.05, 0.1) is 19.8 Å². The molecule has 1 rings (SSSR count). The number of unbranched alkanes of at least 4 members (excludes halogenated alkanes) is 21. The van der Waals surface area contributed by atoms with Crippen molar-refractivity contribution in [2.45, 2.75) is 250 Å². The molecule has 9 heteroatoms. The number of carbonyl (C=O) groups excluding carboxylic acids is 1. The third-order valence-electron chi connectivity index (χ3n) is 12.1. The van der Waals surface area contributed by atoms with Crippen molar-refractivity contribution < 1.29 is 44.2 Å². The van der Waals surface area contributed by atoms with E-state index in [1.54, 1.807) is 0 Å². The van der Waals surface area contributed by atoms with Gasteiger partial charge in [0.25, 0.3) is 0 Å². The minimum atomic E-state index is -1.55. The quantitative estimate of drug-likeness (QED) is 0.0267. The number of esters is 1. The summed E-state index contributed by atoms with van der Waals surface area (Å²) in [6.07, 6.45) is 59.1. The zero-order valence-electron chi connectivity index (χ0n) is 42.6. The maximum Gasteiger partial charge on any atom is 0.306 e. The first-order chi connectivity index (χ1) is 32.9. The van der Waals surface area contributed by atoms with E-state index in [9.17, 15) is 25.2 Å². The summed E-state index contributed by atoms with van der Waals surface area (Å²) in [4.78, 5) is 12.8. The summed E-state index contributed by atoms with van der Waals surface area (Å²) in [6.45, 7) is 4.40. The van der Waals surface area contributed by atoms with Gasteiger partial charge in [0.15, 0.2) is 6.29 Å².